The normalized spacial score (nSPS) is 19.6. The van der Waals surface area contributed by atoms with Crippen molar-refractivity contribution < 1.29 is 9.53 Å². The molecule has 1 spiro atoms. The smallest absolute Gasteiger partial charge is 0.410 e. The van der Waals surface area contributed by atoms with E-state index in [4.69, 9.17) is 4.74 Å². The second-order valence-electron chi connectivity index (χ2n) is 7.72. The number of aryl methyl sites for hydroxylation is 1. The molecule has 120 valence electrons. The van der Waals surface area contributed by atoms with Gasteiger partial charge in [0.05, 0.1) is 0 Å². The third-order valence-electron chi connectivity index (χ3n) is 4.44. The number of hydrogen-bond acceptors (Lipinski definition) is 3. The summed E-state index contributed by atoms with van der Waals surface area (Å²) in [6.45, 7) is 11.6. The first kappa shape index (κ1) is 15.2. The fourth-order valence-electron chi connectivity index (χ4n) is 3.34. The molecule has 22 heavy (non-hydrogen) atoms. The molecule has 0 saturated carbocycles. The average molecular weight is 302 g/mol. The molecule has 1 amide bonds. The molecule has 0 atom stereocenters. The van der Waals surface area contributed by atoms with Crippen molar-refractivity contribution >= 4 is 11.8 Å². The molecule has 4 heteroatoms. The van der Waals surface area contributed by atoms with Gasteiger partial charge >= 0.3 is 6.09 Å². The van der Waals surface area contributed by atoms with Gasteiger partial charge in [0, 0.05) is 37.3 Å². The molecule has 4 nitrogen and oxygen atoms in total. The molecule has 0 unspecified atom stereocenters. The summed E-state index contributed by atoms with van der Waals surface area (Å²) in [5.74, 6) is 0. The van der Waals surface area contributed by atoms with Crippen molar-refractivity contribution in [3.8, 4) is 0 Å². The first-order chi connectivity index (χ1) is 10.3. The lowest BCUT2D eigenvalue weighted by atomic mass is 9.73. The summed E-state index contributed by atoms with van der Waals surface area (Å²) in [6, 6.07) is 8.76. The predicted octanol–water partition coefficient (Wildman–Crippen LogP) is 3.31. The molecule has 1 aromatic carbocycles. The number of ether oxygens (including phenoxy) is 1. The zero-order chi connectivity index (χ0) is 16.0. The van der Waals surface area contributed by atoms with Gasteiger partial charge in [0.1, 0.15) is 5.60 Å². The molecule has 0 radical (unpaired) electrons. The number of hydrogen-bond donors (Lipinski definition) is 0. The van der Waals surface area contributed by atoms with Crippen molar-refractivity contribution in [3.05, 3.63) is 29.8 Å². The van der Waals surface area contributed by atoms with Crippen LogP contribution >= 0.6 is 0 Å². The third kappa shape index (κ3) is 2.92. The number of nitrogens with zero attached hydrogens (tertiary/aromatic N) is 2. The first-order valence-electron chi connectivity index (χ1n) is 8.12. The Balaban J connectivity index is 1.51. The Bertz CT molecular complexity index is 563. The van der Waals surface area contributed by atoms with Gasteiger partial charge in [0.15, 0.2) is 0 Å². The van der Waals surface area contributed by atoms with Gasteiger partial charge < -0.3 is 14.5 Å². The lowest BCUT2D eigenvalue weighted by molar-refractivity contribution is -0.0453. The van der Waals surface area contributed by atoms with Crippen LogP contribution in [0.4, 0.5) is 10.5 Å². The molecule has 2 saturated heterocycles. The highest BCUT2D eigenvalue weighted by Crippen LogP contribution is 2.42. The standard InChI is InChI=1S/C18H26N2O2/c1-5-14-7-6-8-15(9-14)19-10-18(11-19)12-20(13-18)16(21)22-17(2,3)4/h6-9H,5,10-13H2,1-4H3. The van der Waals surface area contributed by atoms with Crippen LogP contribution in [0.15, 0.2) is 24.3 Å². The zero-order valence-electron chi connectivity index (χ0n) is 14.1. The summed E-state index contributed by atoms with van der Waals surface area (Å²) in [6.07, 6.45) is 0.892. The SMILES string of the molecule is CCc1cccc(N2CC3(CN(C(=O)OC(C)(C)C)C3)C2)c1. The predicted molar refractivity (Wildman–Crippen MR) is 88.3 cm³/mol. The van der Waals surface area contributed by atoms with Gasteiger partial charge in [-0.3, -0.25) is 0 Å². The Morgan fingerprint density at radius 3 is 2.50 bits per heavy atom. The van der Waals surface area contributed by atoms with Crippen LogP contribution in [-0.2, 0) is 11.2 Å². The van der Waals surface area contributed by atoms with Crippen LogP contribution < -0.4 is 4.90 Å². The Kier molecular flexibility index (Phi) is 3.58. The number of likely N-dealkylation sites (tertiary alicyclic amines) is 1. The van der Waals surface area contributed by atoms with Gasteiger partial charge in [-0.25, -0.2) is 4.79 Å². The number of benzene rings is 1. The summed E-state index contributed by atoms with van der Waals surface area (Å²) in [5.41, 5.74) is 2.56. The summed E-state index contributed by atoms with van der Waals surface area (Å²) >= 11 is 0. The van der Waals surface area contributed by atoms with E-state index in [1.807, 2.05) is 25.7 Å². The minimum absolute atomic E-state index is 0.176. The van der Waals surface area contributed by atoms with Crippen LogP contribution in [-0.4, -0.2) is 42.8 Å². The largest absolute Gasteiger partial charge is 0.444 e. The van der Waals surface area contributed by atoms with E-state index in [0.29, 0.717) is 5.41 Å². The average Bonchev–Trinajstić information content (AvgIpc) is 2.33. The van der Waals surface area contributed by atoms with Gasteiger partial charge in [-0.2, -0.15) is 0 Å². The van der Waals surface area contributed by atoms with E-state index in [9.17, 15) is 4.79 Å². The highest BCUT2D eigenvalue weighted by Gasteiger charge is 2.54. The zero-order valence-corrected chi connectivity index (χ0v) is 14.1. The van der Waals surface area contributed by atoms with Crippen molar-refractivity contribution in [3.63, 3.8) is 0 Å². The minimum atomic E-state index is -0.411. The Morgan fingerprint density at radius 1 is 1.23 bits per heavy atom. The van der Waals surface area contributed by atoms with Gasteiger partial charge in [-0.15, -0.1) is 0 Å². The molecule has 2 aliphatic rings. The summed E-state index contributed by atoms with van der Waals surface area (Å²) in [5, 5.41) is 0. The topological polar surface area (TPSA) is 32.8 Å². The van der Waals surface area contributed by atoms with Gasteiger partial charge in [0.2, 0.25) is 0 Å². The highest BCUT2D eigenvalue weighted by atomic mass is 16.6. The van der Waals surface area contributed by atoms with Gasteiger partial charge in [-0.1, -0.05) is 19.1 Å². The van der Waals surface area contributed by atoms with E-state index in [1.54, 1.807) is 0 Å². The van der Waals surface area contributed by atoms with E-state index in [1.165, 1.54) is 11.3 Å². The first-order valence-corrected chi connectivity index (χ1v) is 8.12. The number of rotatable bonds is 2. The van der Waals surface area contributed by atoms with E-state index < -0.39 is 5.60 Å². The quantitative estimate of drug-likeness (QED) is 0.840. The van der Waals surface area contributed by atoms with Gasteiger partial charge in [-0.05, 0) is 44.9 Å². The van der Waals surface area contributed by atoms with Crippen LogP contribution in [0.5, 0.6) is 0 Å². The minimum Gasteiger partial charge on any atom is -0.444 e. The van der Waals surface area contributed by atoms with Crippen LogP contribution in [0.2, 0.25) is 0 Å². The highest BCUT2D eigenvalue weighted by molar-refractivity contribution is 5.70. The van der Waals surface area contributed by atoms with Crippen molar-refractivity contribution in [1.29, 1.82) is 0 Å². The molecule has 2 fully saturated rings. The monoisotopic (exact) mass is 302 g/mol. The fourth-order valence-corrected chi connectivity index (χ4v) is 3.34. The second kappa shape index (κ2) is 5.18. The van der Waals surface area contributed by atoms with Crippen LogP contribution in [0.1, 0.15) is 33.3 Å². The molecule has 0 N–H and O–H groups in total. The lowest BCUT2D eigenvalue weighted by Crippen LogP contribution is -2.73. The van der Waals surface area contributed by atoms with E-state index in [0.717, 1.165) is 32.6 Å². The molecule has 0 bridgehead atoms. The van der Waals surface area contributed by atoms with Crippen LogP contribution in [0.3, 0.4) is 0 Å². The van der Waals surface area contributed by atoms with E-state index >= 15 is 0 Å². The fraction of sp³-hybridized carbons (Fsp3) is 0.611. The maximum atomic E-state index is 12.0. The van der Waals surface area contributed by atoms with Crippen LogP contribution in [0, 0.1) is 5.41 Å². The maximum absolute atomic E-state index is 12.0. The Hall–Kier alpha value is -1.71. The Morgan fingerprint density at radius 2 is 1.91 bits per heavy atom. The lowest BCUT2D eigenvalue weighted by Gasteiger charge is -2.60. The number of carbonyl (C=O) groups is 1. The van der Waals surface area contributed by atoms with Crippen molar-refractivity contribution in [2.24, 2.45) is 5.41 Å². The van der Waals surface area contributed by atoms with Crippen LogP contribution in [0.25, 0.3) is 0 Å². The Labute approximate surface area is 133 Å². The molecule has 2 heterocycles. The van der Waals surface area contributed by atoms with E-state index in [2.05, 4.69) is 36.1 Å². The van der Waals surface area contributed by atoms with Crippen molar-refractivity contribution in [1.82, 2.24) is 4.90 Å². The summed E-state index contributed by atoms with van der Waals surface area (Å²) < 4.78 is 5.42. The van der Waals surface area contributed by atoms with Crippen molar-refractivity contribution in [2.45, 2.75) is 39.7 Å². The number of anilines is 1. The van der Waals surface area contributed by atoms with Gasteiger partial charge in [0.25, 0.3) is 0 Å². The molecular formula is C18H26N2O2. The molecular weight excluding hydrogens is 276 g/mol. The number of amides is 1. The van der Waals surface area contributed by atoms with E-state index in [-0.39, 0.29) is 6.09 Å². The second-order valence-corrected chi connectivity index (χ2v) is 7.72. The summed E-state index contributed by atoms with van der Waals surface area (Å²) in [4.78, 5) is 16.2. The number of carbonyl (C=O) groups excluding carboxylic acids is 1. The summed E-state index contributed by atoms with van der Waals surface area (Å²) in [7, 11) is 0. The molecule has 3 rings (SSSR count). The molecule has 1 aromatic rings. The maximum Gasteiger partial charge on any atom is 0.410 e. The molecule has 0 aliphatic carbocycles. The molecule has 0 aromatic heterocycles. The third-order valence-corrected chi connectivity index (χ3v) is 4.44. The molecule has 2 aliphatic heterocycles. The van der Waals surface area contributed by atoms with Crippen molar-refractivity contribution in [2.75, 3.05) is 31.1 Å².